The zero-order valence-electron chi connectivity index (χ0n) is 11.1. The maximum Gasteiger partial charge on any atom is 0.318 e. The highest BCUT2D eigenvalue weighted by Gasteiger charge is 2.22. The van der Waals surface area contributed by atoms with Gasteiger partial charge in [0.05, 0.1) is 6.54 Å². The van der Waals surface area contributed by atoms with Crippen LogP contribution in [-0.2, 0) is 11.3 Å². The number of hydrogen-bond acceptors (Lipinski definition) is 2. The number of para-hydroxylation sites is 1. The largest absolute Gasteiger partial charge is 0.338 e. The summed E-state index contributed by atoms with van der Waals surface area (Å²) >= 11 is 0. The highest BCUT2D eigenvalue weighted by Crippen LogP contribution is 2.20. The van der Waals surface area contributed by atoms with E-state index in [1.165, 1.54) is 4.90 Å². The van der Waals surface area contributed by atoms with E-state index in [2.05, 4.69) is 17.6 Å². The van der Waals surface area contributed by atoms with Crippen molar-refractivity contribution in [1.29, 1.82) is 0 Å². The third-order valence-corrected chi connectivity index (χ3v) is 3.08. The second-order valence-electron chi connectivity index (χ2n) is 4.65. The maximum atomic E-state index is 12.0. The predicted octanol–water partition coefficient (Wildman–Crippen LogP) is 1.95. The van der Waals surface area contributed by atoms with E-state index in [0.717, 1.165) is 24.1 Å². The fourth-order valence-corrected chi connectivity index (χ4v) is 2.03. The quantitative estimate of drug-likeness (QED) is 0.817. The highest BCUT2D eigenvalue weighted by atomic mass is 16.2. The first-order chi connectivity index (χ1) is 9.20. The number of benzene rings is 1. The number of fused-ring (bicyclic) bond motifs is 1. The average Bonchev–Trinajstić information content (AvgIpc) is 2.56. The zero-order chi connectivity index (χ0) is 13.7. The topological polar surface area (TPSA) is 61.4 Å². The standard InChI is InChI=1S/C14H19N3O2/c1-2-3-8-15-14(19)17-9-11-6-4-5-7-12(11)16-13(18)10-17/h4-7H,2-3,8-10H2,1H3,(H,15,19)(H,16,18). The minimum absolute atomic E-state index is 0.0899. The molecule has 0 aromatic heterocycles. The Morgan fingerprint density at radius 3 is 2.95 bits per heavy atom. The molecule has 1 aromatic rings. The van der Waals surface area contributed by atoms with Crippen molar-refractivity contribution in [3.63, 3.8) is 0 Å². The van der Waals surface area contributed by atoms with E-state index in [9.17, 15) is 9.59 Å². The molecule has 0 unspecified atom stereocenters. The Kier molecular flexibility index (Phi) is 4.39. The summed E-state index contributed by atoms with van der Waals surface area (Å²) in [6, 6.07) is 7.37. The predicted molar refractivity (Wildman–Crippen MR) is 73.8 cm³/mol. The molecule has 0 fully saturated rings. The molecule has 0 saturated heterocycles. The van der Waals surface area contributed by atoms with E-state index >= 15 is 0 Å². The van der Waals surface area contributed by atoms with Crippen molar-refractivity contribution >= 4 is 17.6 Å². The average molecular weight is 261 g/mol. The van der Waals surface area contributed by atoms with E-state index in [1.807, 2.05) is 24.3 Å². The molecule has 1 aliphatic heterocycles. The maximum absolute atomic E-state index is 12.0. The van der Waals surface area contributed by atoms with Crippen molar-refractivity contribution in [1.82, 2.24) is 10.2 Å². The third-order valence-electron chi connectivity index (χ3n) is 3.08. The lowest BCUT2D eigenvalue weighted by Gasteiger charge is -2.20. The summed E-state index contributed by atoms with van der Waals surface area (Å²) in [5.41, 5.74) is 1.75. The molecule has 0 radical (unpaired) electrons. The minimum Gasteiger partial charge on any atom is -0.338 e. The van der Waals surface area contributed by atoms with Gasteiger partial charge in [-0.15, -0.1) is 0 Å². The van der Waals surface area contributed by atoms with Gasteiger partial charge in [0.1, 0.15) is 6.54 Å². The van der Waals surface area contributed by atoms with Crippen LogP contribution in [0.4, 0.5) is 10.5 Å². The van der Waals surface area contributed by atoms with Crippen molar-refractivity contribution in [2.24, 2.45) is 0 Å². The number of nitrogens with one attached hydrogen (secondary N) is 2. The molecule has 1 heterocycles. The van der Waals surface area contributed by atoms with Crippen molar-refractivity contribution < 1.29 is 9.59 Å². The Morgan fingerprint density at radius 2 is 2.16 bits per heavy atom. The normalized spacial score (nSPS) is 14.4. The highest BCUT2D eigenvalue weighted by molar-refractivity contribution is 5.96. The lowest BCUT2D eigenvalue weighted by atomic mass is 10.2. The van der Waals surface area contributed by atoms with Crippen LogP contribution in [-0.4, -0.2) is 29.9 Å². The van der Waals surface area contributed by atoms with Crippen LogP contribution in [0.25, 0.3) is 0 Å². The zero-order valence-corrected chi connectivity index (χ0v) is 11.1. The Balaban J connectivity index is 2.06. The lowest BCUT2D eigenvalue weighted by molar-refractivity contribution is -0.116. The van der Waals surface area contributed by atoms with Gasteiger partial charge in [0.15, 0.2) is 0 Å². The second kappa shape index (κ2) is 6.22. The molecule has 102 valence electrons. The van der Waals surface area contributed by atoms with Crippen LogP contribution in [0.5, 0.6) is 0 Å². The van der Waals surface area contributed by atoms with E-state index in [1.54, 1.807) is 0 Å². The molecule has 2 rings (SSSR count). The second-order valence-corrected chi connectivity index (χ2v) is 4.65. The van der Waals surface area contributed by atoms with Crippen LogP contribution in [0.1, 0.15) is 25.3 Å². The Hall–Kier alpha value is -2.04. The van der Waals surface area contributed by atoms with E-state index in [0.29, 0.717) is 13.1 Å². The molecule has 19 heavy (non-hydrogen) atoms. The van der Waals surface area contributed by atoms with Crippen LogP contribution in [0.2, 0.25) is 0 Å². The number of amides is 3. The molecule has 0 saturated carbocycles. The Bertz CT molecular complexity index is 474. The first-order valence-electron chi connectivity index (χ1n) is 6.61. The fourth-order valence-electron chi connectivity index (χ4n) is 2.03. The summed E-state index contributed by atoms with van der Waals surface area (Å²) in [5.74, 6) is -0.157. The number of carbonyl (C=O) groups is 2. The number of hydrogen-bond donors (Lipinski definition) is 2. The summed E-state index contributed by atoms with van der Waals surface area (Å²) < 4.78 is 0. The molecule has 0 atom stereocenters. The molecule has 5 nitrogen and oxygen atoms in total. The van der Waals surface area contributed by atoms with Crippen LogP contribution in [0.15, 0.2) is 24.3 Å². The first kappa shape index (κ1) is 13.4. The summed E-state index contributed by atoms with van der Waals surface area (Å²) in [4.78, 5) is 25.3. The number of rotatable bonds is 3. The van der Waals surface area contributed by atoms with E-state index in [4.69, 9.17) is 0 Å². The fraction of sp³-hybridized carbons (Fsp3) is 0.429. The molecule has 0 aliphatic carbocycles. The van der Waals surface area contributed by atoms with Gasteiger partial charge in [-0.1, -0.05) is 31.5 Å². The molecule has 5 heteroatoms. The van der Waals surface area contributed by atoms with E-state index < -0.39 is 0 Å². The van der Waals surface area contributed by atoms with Gasteiger partial charge in [-0.3, -0.25) is 4.79 Å². The van der Waals surface area contributed by atoms with Crippen LogP contribution >= 0.6 is 0 Å². The van der Waals surface area contributed by atoms with Gasteiger partial charge in [-0.05, 0) is 18.1 Å². The molecule has 0 spiro atoms. The molecule has 0 bridgehead atoms. The summed E-state index contributed by atoms with van der Waals surface area (Å²) in [6.45, 7) is 3.26. The monoisotopic (exact) mass is 261 g/mol. The smallest absolute Gasteiger partial charge is 0.318 e. The Morgan fingerprint density at radius 1 is 1.37 bits per heavy atom. The van der Waals surface area contributed by atoms with Crippen LogP contribution in [0, 0.1) is 0 Å². The Labute approximate surface area is 113 Å². The number of carbonyl (C=O) groups excluding carboxylic acids is 2. The van der Waals surface area contributed by atoms with Gasteiger partial charge >= 0.3 is 6.03 Å². The van der Waals surface area contributed by atoms with Gasteiger partial charge in [0.2, 0.25) is 5.91 Å². The number of nitrogens with zero attached hydrogens (tertiary/aromatic N) is 1. The molecule has 3 amide bonds. The van der Waals surface area contributed by atoms with Crippen molar-refractivity contribution in [2.75, 3.05) is 18.4 Å². The molecule has 1 aromatic carbocycles. The van der Waals surface area contributed by atoms with E-state index in [-0.39, 0.29) is 18.5 Å². The molecule has 2 N–H and O–H groups in total. The van der Waals surface area contributed by atoms with Gasteiger partial charge in [-0.2, -0.15) is 0 Å². The number of urea groups is 1. The van der Waals surface area contributed by atoms with Crippen LogP contribution < -0.4 is 10.6 Å². The number of unbranched alkanes of at least 4 members (excludes halogenated alkanes) is 1. The lowest BCUT2D eigenvalue weighted by Crippen LogP contribution is -2.42. The van der Waals surface area contributed by atoms with Gasteiger partial charge < -0.3 is 15.5 Å². The summed E-state index contributed by atoms with van der Waals surface area (Å²) in [6.07, 6.45) is 1.98. The SMILES string of the molecule is CCCCNC(=O)N1CC(=O)Nc2ccccc2C1. The first-order valence-corrected chi connectivity index (χ1v) is 6.61. The summed E-state index contributed by atoms with van der Waals surface area (Å²) in [7, 11) is 0. The molecular weight excluding hydrogens is 242 g/mol. The third kappa shape index (κ3) is 3.47. The van der Waals surface area contributed by atoms with Crippen molar-refractivity contribution in [3.8, 4) is 0 Å². The minimum atomic E-state index is -0.180. The van der Waals surface area contributed by atoms with Crippen LogP contribution in [0.3, 0.4) is 0 Å². The van der Waals surface area contributed by atoms with Gasteiger partial charge in [0, 0.05) is 12.2 Å². The summed E-state index contributed by atoms with van der Waals surface area (Å²) in [5, 5.41) is 5.65. The molecule has 1 aliphatic rings. The van der Waals surface area contributed by atoms with Gasteiger partial charge in [0.25, 0.3) is 0 Å². The number of anilines is 1. The molecular formula is C14H19N3O2. The van der Waals surface area contributed by atoms with Crippen molar-refractivity contribution in [2.45, 2.75) is 26.3 Å². The van der Waals surface area contributed by atoms with Gasteiger partial charge in [-0.25, -0.2) is 4.79 Å². The van der Waals surface area contributed by atoms with Crippen molar-refractivity contribution in [3.05, 3.63) is 29.8 Å².